The second kappa shape index (κ2) is 17.6. The monoisotopic (exact) mass is 888 g/mol. The van der Waals surface area contributed by atoms with Crippen LogP contribution in [0.25, 0.3) is 22.0 Å². The van der Waals surface area contributed by atoms with Gasteiger partial charge in [0, 0.05) is 41.1 Å². The number of carboxylic acid groups (broad SMARTS) is 1. The molecule has 0 radical (unpaired) electrons. The fraction of sp³-hybridized carbons (Fsp3) is 0.565. The van der Waals surface area contributed by atoms with Crippen molar-refractivity contribution < 1.29 is 46.9 Å². The highest BCUT2D eigenvalue weighted by Crippen LogP contribution is 2.46. The number of allylic oxidation sites excluding steroid dienone is 1. The van der Waals surface area contributed by atoms with Crippen LogP contribution >= 0.6 is 0 Å². The van der Waals surface area contributed by atoms with Crippen molar-refractivity contribution in [1.82, 2.24) is 29.8 Å². The molecule has 17 heteroatoms. The van der Waals surface area contributed by atoms with Gasteiger partial charge >= 0.3 is 6.09 Å². The number of sulfonamides is 1. The summed E-state index contributed by atoms with van der Waals surface area (Å²) in [4.78, 5) is 69.1. The predicted octanol–water partition coefficient (Wildman–Crippen LogP) is 6.08. The van der Waals surface area contributed by atoms with Crippen molar-refractivity contribution in [2.24, 2.45) is 17.8 Å². The van der Waals surface area contributed by atoms with E-state index in [0.29, 0.717) is 54.0 Å². The van der Waals surface area contributed by atoms with E-state index in [1.807, 2.05) is 57.2 Å². The van der Waals surface area contributed by atoms with Gasteiger partial charge in [-0.15, -0.1) is 0 Å². The fourth-order valence-electron chi connectivity index (χ4n) is 9.04. The van der Waals surface area contributed by atoms with E-state index in [1.54, 1.807) is 46.2 Å². The lowest BCUT2D eigenvalue weighted by Crippen LogP contribution is -2.62. The van der Waals surface area contributed by atoms with Gasteiger partial charge in [-0.25, -0.2) is 23.2 Å². The molecule has 2 aliphatic heterocycles. The third-order valence-corrected chi connectivity index (χ3v) is 14.3. The van der Waals surface area contributed by atoms with Crippen LogP contribution in [0.3, 0.4) is 0 Å². The zero-order chi connectivity index (χ0) is 45.6. The lowest BCUT2D eigenvalue weighted by molar-refractivity contribution is -0.146. The quantitative estimate of drug-likeness (QED) is 0.198. The van der Waals surface area contributed by atoms with E-state index in [2.05, 4.69) is 21.9 Å². The average molecular weight is 889 g/mol. The molecule has 4 heterocycles. The number of amides is 4. The third kappa shape index (κ3) is 9.87. The van der Waals surface area contributed by atoms with Crippen LogP contribution in [-0.4, -0.2) is 111 Å². The molecule has 3 N–H and O–H groups in total. The lowest BCUT2D eigenvalue weighted by atomic mass is 9.85. The Labute approximate surface area is 369 Å². The molecule has 340 valence electrons. The summed E-state index contributed by atoms with van der Waals surface area (Å²) in [6.07, 6.45) is 6.19. The number of ether oxygens (including phenoxy) is 3. The Morgan fingerprint density at radius 2 is 1.81 bits per heavy atom. The van der Waals surface area contributed by atoms with Crippen LogP contribution in [0.4, 0.5) is 4.79 Å². The Bertz CT molecular complexity index is 2380. The van der Waals surface area contributed by atoms with Gasteiger partial charge in [-0.1, -0.05) is 26.0 Å². The molecule has 2 aliphatic carbocycles. The van der Waals surface area contributed by atoms with Crippen molar-refractivity contribution in [3.05, 3.63) is 54.7 Å². The lowest BCUT2D eigenvalue weighted by Gasteiger charge is -2.43. The number of fused-ring (bicyclic) bond motifs is 3. The van der Waals surface area contributed by atoms with Gasteiger partial charge in [-0.05, 0) is 121 Å². The molecule has 0 unspecified atom stereocenters. The summed E-state index contributed by atoms with van der Waals surface area (Å²) in [5, 5.41) is 14.3. The minimum Gasteiger partial charge on any atom is -0.497 e. The maximum absolute atomic E-state index is 15.3. The van der Waals surface area contributed by atoms with Gasteiger partial charge in [0.1, 0.15) is 29.5 Å². The second-order valence-corrected chi connectivity index (χ2v) is 20.9. The van der Waals surface area contributed by atoms with Crippen molar-refractivity contribution in [3.63, 3.8) is 0 Å². The molecule has 4 amide bonds. The number of aromatic nitrogens is 2. The van der Waals surface area contributed by atoms with Crippen LogP contribution in [0.5, 0.6) is 17.5 Å². The summed E-state index contributed by atoms with van der Waals surface area (Å²) in [5.41, 5.74) is -1.37. The number of rotatable bonds is 10. The number of methoxy groups -OCH3 is 1. The second-order valence-electron chi connectivity index (χ2n) is 19.0. The molecule has 2 aromatic heterocycles. The van der Waals surface area contributed by atoms with Crippen LogP contribution in [0.15, 0.2) is 54.7 Å². The minimum atomic E-state index is -3.95. The van der Waals surface area contributed by atoms with Crippen molar-refractivity contribution in [1.29, 1.82) is 0 Å². The van der Waals surface area contributed by atoms with E-state index in [4.69, 9.17) is 19.2 Å². The number of pyridine rings is 2. The van der Waals surface area contributed by atoms with E-state index in [1.165, 1.54) is 9.80 Å². The van der Waals surface area contributed by atoms with Crippen molar-refractivity contribution in [3.8, 4) is 28.8 Å². The summed E-state index contributed by atoms with van der Waals surface area (Å²) >= 11 is 0. The molecule has 7 atom stereocenters. The molecule has 16 nitrogen and oxygen atoms in total. The van der Waals surface area contributed by atoms with Gasteiger partial charge in [0.2, 0.25) is 33.6 Å². The number of hydrogen-bond acceptors (Lipinski definition) is 11. The highest BCUT2D eigenvalue weighted by Gasteiger charge is 2.62. The van der Waals surface area contributed by atoms with Crippen LogP contribution in [0, 0.1) is 17.8 Å². The maximum Gasteiger partial charge on any atom is 0.408 e. The van der Waals surface area contributed by atoms with Gasteiger partial charge < -0.3 is 29.5 Å². The van der Waals surface area contributed by atoms with Gasteiger partial charge in [0.05, 0.1) is 30.7 Å². The Kier molecular flexibility index (Phi) is 12.7. The van der Waals surface area contributed by atoms with Crippen LogP contribution in [0.1, 0.15) is 93.4 Å². The summed E-state index contributed by atoms with van der Waals surface area (Å²) in [6, 6.07) is 8.51. The van der Waals surface area contributed by atoms with E-state index in [0.717, 1.165) is 11.8 Å². The van der Waals surface area contributed by atoms with Crippen molar-refractivity contribution in [2.75, 3.05) is 13.7 Å². The van der Waals surface area contributed by atoms with Crippen LogP contribution < -0.4 is 24.2 Å². The normalized spacial score (nSPS) is 27.3. The molecule has 1 aromatic carbocycles. The predicted molar refractivity (Wildman–Crippen MR) is 236 cm³/mol. The first-order chi connectivity index (χ1) is 29.7. The van der Waals surface area contributed by atoms with Gasteiger partial charge in [-0.3, -0.25) is 24.0 Å². The standard InChI is InChI=1S/C46H60N6O10S/c1-26(2)61-38-18-13-29(24-47-38)36-21-30-20-32(60-8)14-17-35(30)41(48-36)62-33-22-37-40(53)49-46(43(55)50-63(58,59)34-15-16-34)23-31(46)12-10-9-11-27(3)19-28(4)39(42(54)51(37)25-33)52(44(56)57)45(5,6)7/h10,12-14,17-18,20-21,24,26-28,31,33-34,37,39H,9,11,15-16,19,22-23,25H2,1-8H3,(H,49,53)(H,50,55)(H,56,57)/b12-10-/t27-,28+,31+,33+,37-,39-,46+/m0/s1. The van der Waals surface area contributed by atoms with Gasteiger partial charge in [0.15, 0.2) is 0 Å². The van der Waals surface area contributed by atoms with Gasteiger partial charge in [0.25, 0.3) is 5.91 Å². The first-order valence-electron chi connectivity index (χ1n) is 21.9. The summed E-state index contributed by atoms with van der Waals surface area (Å²) in [7, 11) is -2.38. The van der Waals surface area contributed by atoms with Crippen LogP contribution in [0.2, 0.25) is 0 Å². The molecule has 2 saturated carbocycles. The van der Waals surface area contributed by atoms with E-state index >= 15 is 4.79 Å². The third-order valence-electron chi connectivity index (χ3n) is 12.5. The van der Waals surface area contributed by atoms with Crippen molar-refractivity contribution >= 4 is 44.6 Å². The minimum absolute atomic E-state index is 0.0391. The average Bonchev–Trinajstić information content (AvgIpc) is 4.14. The molecule has 0 spiro atoms. The first kappa shape index (κ1) is 45.6. The molecular formula is C46H60N6O10S. The number of carbonyl (C=O) groups excluding carboxylic acids is 3. The molecule has 3 aromatic rings. The molecule has 3 fully saturated rings. The Morgan fingerprint density at radius 3 is 2.44 bits per heavy atom. The summed E-state index contributed by atoms with van der Waals surface area (Å²) in [5.74, 6) is -1.65. The highest BCUT2D eigenvalue weighted by molar-refractivity contribution is 7.91. The van der Waals surface area contributed by atoms with E-state index in [-0.39, 0.29) is 37.3 Å². The SMILES string of the molecule is COc1ccc2c(O[C@@H]3C[C@H]4C(=O)N[C@]5(C(=O)NS(=O)(=O)C6CC6)C[C@H]5/C=C\CC[C@H](C)C[C@@H](C)[C@H](N(C(=O)O)C(C)(C)C)C(=O)N4C3)nc(-c3ccc(OC(C)C)nc3)cc2c1. The number of hydrogen-bond donors (Lipinski definition) is 3. The molecule has 63 heavy (non-hydrogen) atoms. The molecule has 7 rings (SSSR count). The zero-order valence-electron chi connectivity index (χ0n) is 37.3. The molecule has 4 aliphatic rings. The van der Waals surface area contributed by atoms with E-state index in [9.17, 15) is 27.9 Å². The number of carbonyl (C=O) groups is 4. The largest absolute Gasteiger partial charge is 0.497 e. The highest BCUT2D eigenvalue weighted by atomic mass is 32.2. The Hall–Kier alpha value is -5.45. The Balaban J connectivity index is 1.29. The molecule has 0 bridgehead atoms. The first-order valence-corrected chi connectivity index (χ1v) is 23.4. The van der Waals surface area contributed by atoms with Crippen molar-refractivity contribution in [2.45, 2.75) is 134 Å². The summed E-state index contributed by atoms with van der Waals surface area (Å²) in [6.45, 7) is 12.8. The summed E-state index contributed by atoms with van der Waals surface area (Å²) < 4.78 is 46.3. The number of benzene rings is 1. The fourth-order valence-corrected chi connectivity index (χ4v) is 10.4. The molecule has 1 saturated heterocycles. The number of nitrogens with one attached hydrogen (secondary N) is 2. The number of nitrogens with zero attached hydrogens (tertiary/aromatic N) is 4. The van der Waals surface area contributed by atoms with Crippen LogP contribution in [-0.2, 0) is 24.4 Å². The molecular weight excluding hydrogens is 829 g/mol. The van der Waals surface area contributed by atoms with Gasteiger partial charge in [-0.2, -0.15) is 0 Å². The van der Waals surface area contributed by atoms with E-state index < -0.39 is 80.2 Å². The topological polar surface area (TPSA) is 207 Å². The zero-order valence-corrected chi connectivity index (χ0v) is 38.1. The Morgan fingerprint density at radius 1 is 1.06 bits per heavy atom. The maximum atomic E-state index is 15.3. The smallest absolute Gasteiger partial charge is 0.408 e.